The Kier molecular flexibility index (Phi) is 10.8. The van der Waals surface area contributed by atoms with Gasteiger partial charge in [0.05, 0.1) is 6.10 Å². The lowest BCUT2D eigenvalue weighted by molar-refractivity contribution is 0.0264. The highest BCUT2D eigenvalue weighted by Gasteiger charge is 2.21. The van der Waals surface area contributed by atoms with Gasteiger partial charge in [-0.15, -0.1) is 24.0 Å². The molecule has 5 heteroatoms. The Labute approximate surface area is 129 Å². The Hall–Kier alpha value is -0.0400. The van der Waals surface area contributed by atoms with E-state index in [4.69, 9.17) is 4.74 Å². The minimum atomic E-state index is 0. The largest absolute Gasteiger partial charge is 0.378 e. The zero-order valence-electron chi connectivity index (χ0n) is 11.9. The number of unbranched alkanes of at least 4 members (excludes halogenated alkanes) is 1. The molecular weight excluding hydrogens is 341 g/mol. The molecule has 0 aromatic carbocycles. The van der Waals surface area contributed by atoms with E-state index >= 15 is 0 Å². The molecule has 1 N–H and O–H groups in total. The number of halogens is 1. The third kappa shape index (κ3) is 6.22. The van der Waals surface area contributed by atoms with Gasteiger partial charge in [0.2, 0.25) is 0 Å². The van der Waals surface area contributed by atoms with Crippen LogP contribution in [0.1, 0.15) is 39.5 Å². The lowest BCUT2D eigenvalue weighted by atomic mass is 10.1. The topological polar surface area (TPSA) is 36.9 Å². The average molecular weight is 369 g/mol. The molecule has 0 spiro atoms. The summed E-state index contributed by atoms with van der Waals surface area (Å²) in [5.74, 6) is 1.05. The standard InChI is InChI=1S/C13H27N3O.HI/c1-4-6-9-15-13(14-3)16-10-7-12(8-11-16)17-5-2;/h12H,4-11H2,1-3H3,(H,14,15);1H. The number of rotatable bonds is 5. The molecule has 0 atom stereocenters. The van der Waals surface area contributed by atoms with Gasteiger partial charge in [0.25, 0.3) is 0 Å². The fraction of sp³-hybridized carbons (Fsp3) is 0.923. The third-order valence-corrected chi connectivity index (χ3v) is 3.17. The number of guanidine groups is 1. The number of hydrogen-bond acceptors (Lipinski definition) is 2. The molecule has 0 aromatic rings. The summed E-state index contributed by atoms with van der Waals surface area (Å²) in [5.41, 5.74) is 0. The first kappa shape index (κ1) is 18.0. The summed E-state index contributed by atoms with van der Waals surface area (Å²) < 4.78 is 5.66. The lowest BCUT2D eigenvalue weighted by Gasteiger charge is -2.34. The van der Waals surface area contributed by atoms with Crippen molar-refractivity contribution in [1.29, 1.82) is 0 Å². The summed E-state index contributed by atoms with van der Waals surface area (Å²) in [5, 5.41) is 3.42. The summed E-state index contributed by atoms with van der Waals surface area (Å²) in [7, 11) is 1.86. The van der Waals surface area contributed by atoms with Crippen molar-refractivity contribution >= 4 is 29.9 Å². The second-order valence-electron chi connectivity index (χ2n) is 4.47. The molecule has 4 nitrogen and oxygen atoms in total. The second-order valence-corrected chi connectivity index (χ2v) is 4.47. The number of nitrogens with one attached hydrogen (secondary N) is 1. The number of likely N-dealkylation sites (tertiary alicyclic amines) is 1. The number of ether oxygens (including phenoxy) is 1. The van der Waals surface area contributed by atoms with E-state index in [1.165, 1.54) is 12.8 Å². The van der Waals surface area contributed by atoms with E-state index < -0.39 is 0 Å². The Bertz CT molecular complexity index is 228. The first-order chi connectivity index (χ1) is 8.31. The van der Waals surface area contributed by atoms with Gasteiger partial charge in [0.15, 0.2) is 5.96 Å². The van der Waals surface area contributed by atoms with Gasteiger partial charge in [-0.1, -0.05) is 13.3 Å². The van der Waals surface area contributed by atoms with Crippen molar-refractivity contribution in [1.82, 2.24) is 10.2 Å². The minimum absolute atomic E-state index is 0. The van der Waals surface area contributed by atoms with Gasteiger partial charge < -0.3 is 15.0 Å². The van der Waals surface area contributed by atoms with Gasteiger partial charge in [-0.3, -0.25) is 4.99 Å². The summed E-state index contributed by atoms with van der Waals surface area (Å²) >= 11 is 0. The van der Waals surface area contributed by atoms with Crippen molar-refractivity contribution in [3.05, 3.63) is 0 Å². The van der Waals surface area contributed by atoms with Crippen molar-refractivity contribution in [2.75, 3.05) is 33.3 Å². The molecule has 0 aliphatic carbocycles. The van der Waals surface area contributed by atoms with E-state index in [9.17, 15) is 0 Å². The maximum Gasteiger partial charge on any atom is 0.193 e. The lowest BCUT2D eigenvalue weighted by Crippen LogP contribution is -2.47. The Balaban J connectivity index is 0.00000289. The molecule has 0 amide bonds. The fourth-order valence-corrected chi connectivity index (χ4v) is 2.18. The Morgan fingerprint density at radius 1 is 1.33 bits per heavy atom. The van der Waals surface area contributed by atoms with Crippen LogP contribution < -0.4 is 5.32 Å². The van der Waals surface area contributed by atoms with Crippen LogP contribution in [0.25, 0.3) is 0 Å². The van der Waals surface area contributed by atoms with Crippen LogP contribution in [0.15, 0.2) is 4.99 Å². The normalized spacial score (nSPS) is 17.5. The summed E-state index contributed by atoms with van der Waals surface area (Å²) in [6.45, 7) is 8.23. The van der Waals surface area contributed by atoms with Gasteiger partial charge in [-0.05, 0) is 26.2 Å². The van der Waals surface area contributed by atoms with E-state index in [0.29, 0.717) is 6.10 Å². The number of aliphatic imine (C=N–C) groups is 1. The van der Waals surface area contributed by atoms with Crippen molar-refractivity contribution in [2.24, 2.45) is 4.99 Å². The maximum absolute atomic E-state index is 5.66. The summed E-state index contributed by atoms with van der Waals surface area (Å²) in [4.78, 5) is 6.68. The van der Waals surface area contributed by atoms with E-state index in [-0.39, 0.29) is 24.0 Å². The quantitative estimate of drug-likeness (QED) is 0.350. The maximum atomic E-state index is 5.66. The van der Waals surface area contributed by atoms with Crippen LogP contribution in [0.2, 0.25) is 0 Å². The van der Waals surface area contributed by atoms with Crippen LogP contribution in [0.5, 0.6) is 0 Å². The number of hydrogen-bond donors (Lipinski definition) is 1. The molecule has 1 aliphatic rings. The molecule has 1 heterocycles. The summed E-state index contributed by atoms with van der Waals surface area (Å²) in [6, 6.07) is 0. The minimum Gasteiger partial charge on any atom is -0.378 e. The highest BCUT2D eigenvalue weighted by molar-refractivity contribution is 14.0. The first-order valence-electron chi connectivity index (χ1n) is 6.89. The predicted octanol–water partition coefficient (Wildman–Crippen LogP) is 2.48. The van der Waals surface area contributed by atoms with E-state index in [0.717, 1.165) is 45.0 Å². The monoisotopic (exact) mass is 369 g/mol. The number of nitrogens with zero attached hydrogens (tertiary/aromatic N) is 2. The molecule has 18 heavy (non-hydrogen) atoms. The van der Waals surface area contributed by atoms with Crippen LogP contribution in [0.3, 0.4) is 0 Å². The van der Waals surface area contributed by atoms with Crippen LogP contribution in [-0.4, -0.2) is 50.3 Å². The van der Waals surface area contributed by atoms with E-state index in [1.807, 2.05) is 7.05 Å². The molecule has 0 saturated carbocycles. The van der Waals surface area contributed by atoms with Crippen molar-refractivity contribution < 1.29 is 4.74 Å². The molecule has 1 aliphatic heterocycles. The van der Waals surface area contributed by atoms with Crippen molar-refractivity contribution in [3.63, 3.8) is 0 Å². The Morgan fingerprint density at radius 3 is 2.50 bits per heavy atom. The molecule has 1 rings (SSSR count). The molecule has 0 bridgehead atoms. The third-order valence-electron chi connectivity index (χ3n) is 3.17. The molecular formula is C13H28IN3O. The Morgan fingerprint density at radius 2 is 2.00 bits per heavy atom. The molecule has 108 valence electrons. The SMILES string of the molecule is CCCCNC(=NC)N1CCC(OCC)CC1.I. The van der Waals surface area contributed by atoms with E-state index in [2.05, 4.69) is 29.1 Å². The van der Waals surface area contributed by atoms with Gasteiger partial charge >= 0.3 is 0 Å². The highest BCUT2D eigenvalue weighted by atomic mass is 127. The van der Waals surface area contributed by atoms with Crippen LogP contribution >= 0.6 is 24.0 Å². The first-order valence-corrected chi connectivity index (χ1v) is 6.89. The molecule has 0 unspecified atom stereocenters. The number of piperidine rings is 1. The highest BCUT2D eigenvalue weighted by Crippen LogP contribution is 2.13. The average Bonchev–Trinajstić information content (AvgIpc) is 2.36. The van der Waals surface area contributed by atoms with Crippen molar-refractivity contribution in [3.8, 4) is 0 Å². The van der Waals surface area contributed by atoms with Crippen LogP contribution in [0, 0.1) is 0 Å². The zero-order chi connectivity index (χ0) is 12.5. The summed E-state index contributed by atoms with van der Waals surface area (Å²) in [6.07, 6.45) is 5.10. The molecule has 1 saturated heterocycles. The van der Waals surface area contributed by atoms with E-state index in [1.54, 1.807) is 0 Å². The molecule has 0 radical (unpaired) electrons. The second kappa shape index (κ2) is 10.8. The van der Waals surface area contributed by atoms with Gasteiger partial charge in [-0.2, -0.15) is 0 Å². The smallest absolute Gasteiger partial charge is 0.193 e. The van der Waals surface area contributed by atoms with Gasteiger partial charge in [0, 0.05) is 33.3 Å². The van der Waals surface area contributed by atoms with Crippen LogP contribution in [0.4, 0.5) is 0 Å². The van der Waals surface area contributed by atoms with Gasteiger partial charge in [0.1, 0.15) is 0 Å². The zero-order valence-corrected chi connectivity index (χ0v) is 14.3. The fourth-order valence-electron chi connectivity index (χ4n) is 2.18. The van der Waals surface area contributed by atoms with Crippen LogP contribution in [-0.2, 0) is 4.74 Å². The molecule has 0 aromatic heterocycles. The van der Waals surface area contributed by atoms with Crippen molar-refractivity contribution in [2.45, 2.75) is 45.6 Å². The predicted molar refractivity (Wildman–Crippen MR) is 87.9 cm³/mol. The molecule has 1 fully saturated rings. The van der Waals surface area contributed by atoms with Gasteiger partial charge in [-0.25, -0.2) is 0 Å².